The molecule has 5 rings (SSSR count). The van der Waals surface area contributed by atoms with Crippen LogP contribution in [0.1, 0.15) is 17.8 Å². The van der Waals surface area contributed by atoms with E-state index in [1.165, 1.54) is 11.3 Å². The zero-order chi connectivity index (χ0) is 20.7. The first-order chi connectivity index (χ1) is 14.7. The van der Waals surface area contributed by atoms with Crippen molar-refractivity contribution in [1.29, 1.82) is 0 Å². The number of hydrogen-bond donors (Lipinski definition) is 0. The average Bonchev–Trinajstić information content (AvgIpc) is 3.39. The Morgan fingerprint density at radius 1 is 1.07 bits per heavy atom. The van der Waals surface area contributed by atoms with Crippen LogP contribution in [0.4, 0.5) is 0 Å². The highest BCUT2D eigenvalue weighted by Crippen LogP contribution is 2.35. The van der Waals surface area contributed by atoms with Crippen molar-refractivity contribution < 1.29 is 9.47 Å². The van der Waals surface area contributed by atoms with Gasteiger partial charge in [-0.2, -0.15) is 0 Å². The molecule has 0 spiro atoms. The fourth-order valence-corrected chi connectivity index (χ4v) is 4.87. The maximum Gasteiger partial charge on any atom is 0.263 e. The first-order valence-corrected chi connectivity index (χ1v) is 10.6. The fraction of sp³-hybridized carbons (Fsp3) is 0.167. The van der Waals surface area contributed by atoms with Crippen molar-refractivity contribution in [2.75, 3.05) is 14.2 Å². The third kappa shape index (κ3) is 3.00. The van der Waals surface area contributed by atoms with Crippen LogP contribution < -0.4 is 15.0 Å². The maximum absolute atomic E-state index is 13.3. The van der Waals surface area contributed by atoms with Crippen molar-refractivity contribution in [3.05, 3.63) is 75.7 Å². The number of nitrogens with zero attached hydrogens (tertiary/aromatic N) is 2. The van der Waals surface area contributed by atoms with E-state index in [1.807, 2.05) is 53.9 Å². The number of benzene rings is 2. The molecule has 0 unspecified atom stereocenters. The van der Waals surface area contributed by atoms with Gasteiger partial charge >= 0.3 is 0 Å². The summed E-state index contributed by atoms with van der Waals surface area (Å²) in [6, 6.07) is 15.8. The lowest BCUT2D eigenvalue weighted by molar-refractivity contribution is 0.355. The minimum atomic E-state index is 0.0332. The van der Waals surface area contributed by atoms with E-state index in [1.54, 1.807) is 18.8 Å². The van der Waals surface area contributed by atoms with Gasteiger partial charge in [0, 0.05) is 17.5 Å². The minimum Gasteiger partial charge on any atom is -0.493 e. The highest BCUT2D eigenvalue weighted by atomic mass is 32.1. The average molecular weight is 417 g/mol. The normalized spacial score (nSPS) is 14.3. The van der Waals surface area contributed by atoms with Gasteiger partial charge in [-0.05, 0) is 41.3 Å². The molecule has 0 aliphatic carbocycles. The summed E-state index contributed by atoms with van der Waals surface area (Å²) in [5, 5.41) is 2.74. The topological polar surface area (TPSA) is 53.4 Å². The van der Waals surface area contributed by atoms with Crippen LogP contribution in [0.5, 0.6) is 11.5 Å². The Balaban J connectivity index is 1.62. The quantitative estimate of drug-likeness (QED) is 0.465. The molecule has 6 heteroatoms. The summed E-state index contributed by atoms with van der Waals surface area (Å²) in [4.78, 5) is 19.0. The van der Waals surface area contributed by atoms with Gasteiger partial charge in [0.2, 0.25) is 0 Å². The number of thiophene rings is 1. The molecule has 2 aromatic carbocycles. The van der Waals surface area contributed by atoms with Gasteiger partial charge in [-0.1, -0.05) is 36.4 Å². The number of rotatable bonds is 4. The van der Waals surface area contributed by atoms with Gasteiger partial charge in [0.1, 0.15) is 10.7 Å². The van der Waals surface area contributed by atoms with Gasteiger partial charge in [-0.15, -0.1) is 11.3 Å². The second kappa shape index (κ2) is 7.46. The van der Waals surface area contributed by atoms with E-state index in [-0.39, 0.29) is 5.56 Å². The van der Waals surface area contributed by atoms with Crippen LogP contribution in [0.2, 0.25) is 0 Å². The molecule has 0 N–H and O–H groups in total. The SMILES string of the molecule is COc1ccc(/C=C2\CCn3c2nc2scc(-c4ccccc4)c2c3=O)cc1OC. The number of methoxy groups -OCH3 is 2. The summed E-state index contributed by atoms with van der Waals surface area (Å²) in [5.41, 5.74) is 4.08. The van der Waals surface area contributed by atoms with E-state index in [0.717, 1.165) is 39.3 Å². The molecule has 1 aliphatic heterocycles. The molecule has 30 heavy (non-hydrogen) atoms. The summed E-state index contributed by atoms with van der Waals surface area (Å²) in [6.45, 7) is 0.639. The van der Waals surface area contributed by atoms with E-state index in [4.69, 9.17) is 14.5 Å². The number of fused-ring (bicyclic) bond motifs is 2. The smallest absolute Gasteiger partial charge is 0.263 e. The minimum absolute atomic E-state index is 0.0332. The molecule has 3 heterocycles. The predicted octanol–water partition coefficient (Wildman–Crippen LogP) is 5.09. The monoisotopic (exact) mass is 416 g/mol. The molecule has 1 aliphatic rings. The lowest BCUT2D eigenvalue weighted by Crippen LogP contribution is -2.20. The predicted molar refractivity (Wildman–Crippen MR) is 121 cm³/mol. The van der Waals surface area contributed by atoms with Crippen LogP contribution in [0, 0.1) is 0 Å². The first kappa shape index (κ1) is 18.6. The molecular weight excluding hydrogens is 396 g/mol. The van der Waals surface area contributed by atoms with Gasteiger partial charge < -0.3 is 9.47 Å². The molecule has 0 saturated heterocycles. The van der Waals surface area contributed by atoms with Crippen LogP contribution in [0.3, 0.4) is 0 Å². The standard InChI is InChI=1S/C24H20N2O3S/c1-28-19-9-8-15(13-20(19)29-2)12-17-10-11-26-22(17)25-23-21(24(26)27)18(14-30-23)16-6-4-3-5-7-16/h3-9,12-14H,10-11H2,1-2H3/b17-12+. The van der Waals surface area contributed by atoms with Gasteiger partial charge in [0.05, 0.1) is 19.6 Å². The summed E-state index contributed by atoms with van der Waals surface area (Å²) >= 11 is 1.52. The number of hydrogen-bond acceptors (Lipinski definition) is 5. The van der Waals surface area contributed by atoms with Crippen molar-refractivity contribution >= 4 is 33.2 Å². The van der Waals surface area contributed by atoms with E-state index >= 15 is 0 Å². The molecule has 0 bridgehead atoms. The van der Waals surface area contributed by atoms with Crippen LogP contribution in [-0.2, 0) is 6.54 Å². The zero-order valence-electron chi connectivity index (χ0n) is 16.7. The number of aromatic nitrogens is 2. The van der Waals surface area contributed by atoms with Crippen molar-refractivity contribution in [2.45, 2.75) is 13.0 Å². The molecule has 150 valence electrons. The largest absolute Gasteiger partial charge is 0.493 e. The number of ether oxygens (including phenoxy) is 2. The van der Waals surface area contributed by atoms with Crippen LogP contribution in [0.25, 0.3) is 33.0 Å². The number of allylic oxidation sites excluding steroid dienone is 1. The van der Waals surface area contributed by atoms with Gasteiger partial charge in [-0.25, -0.2) is 4.98 Å². The lowest BCUT2D eigenvalue weighted by atomic mass is 10.1. The Kier molecular flexibility index (Phi) is 4.64. The van der Waals surface area contributed by atoms with E-state index in [9.17, 15) is 4.79 Å². The van der Waals surface area contributed by atoms with Crippen molar-refractivity contribution in [3.63, 3.8) is 0 Å². The molecule has 4 aromatic rings. The van der Waals surface area contributed by atoms with Crippen LogP contribution in [-0.4, -0.2) is 23.8 Å². The summed E-state index contributed by atoms with van der Waals surface area (Å²) in [5.74, 6) is 2.12. The molecule has 0 atom stereocenters. The Morgan fingerprint density at radius 3 is 2.63 bits per heavy atom. The molecule has 0 radical (unpaired) electrons. The molecule has 0 amide bonds. The molecule has 0 saturated carbocycles. The van der Waals surface area contributed by atoms with Gasteiger partial charge in [-0.3, -0.25) is 9.36 Å². The highest BCUT2D eigenvalue weighted by molar-refractivity contribution is 7.17. The Morgan fingerprint density at radius 2 is 1.87 bits per heavy atom. The molecule has 5 nitrogen and oxygen atoms in total. The van der Waals surface area contributed by atoms with Crippen molar-refractivity contribution in [2.24, 2.45) is 0 Å². The van der Waals surface area contributed by atoms with E-state index in [0.29, 0.717) is 23.4 Å². The second-order valence-corrected chi connectivity index (χ2v) is 7.98. The first-order valence-electron chi connectivity index (χ1n) is 9.70. The third-order valence-corrected chi connectivity index (χ3v) is 6.29. The molecule has 2 aromatic heterocycles. The van der Waals surface area contributed by atoms with Crippen LogP contribution >= 0.6 is 11.3 Å². The van der Waals surface area contributed by atoms with Gasteiger partial charge in [0.15, 0.2) is 11.5 Å². The summed E-state index contributed by atoms with van der Waals surface area (Å²) in [6.07, 6.45) is 2.85. The Bertz CT molecular complexity index is 1340. The van der Waals surface area contributed by atoms with Gasteiger partial charge in [0.25, 0.3) is 5.56 Å². The van der Waals surface area contributed by atoms with E-state index < -0.39 is 0 Å². The highest BCUT2D eigenvalue weighted by Gasteiger charge is 2.23. The van der Waals surface area contributed by atoms with Crippen molar-refractivity contribution in [1.82, 2.24) is 9.55 Å². The molecule has 0 fully saturated rings. The Hall–Kier alpha value is -3.38. The maximum atomic E-state index is 13.3. The zero-order valence-corrected chi connectivity index (χ0v) is 17.5. The summed E-state index contributed by atoms with van der Waals surface area (Å²) in [7, 11) is 3.24. The lowest BCUT2D eigenvalue weighted by Gasteiger charge is -2.08. The van der Waals surface area contributed by atoms with E-state index in [2.05, 4.69) is 6.08 Å². The van der Waals surface area contributed by atoms with Crippen molar-refractivity contribution in [3.8, 4) is 22.6 Å². The van der Waals surface area contributed by atoms with Crippen LogP contribution in [0.15, 0.2) is 58.7 Å². The summed E-state index contributed by atoms with van der Waals surface area (Å²) < 4.78 is 12.5. The fourth-order valence-electron chi connectivity index (χ4n) is 3.93. The Labute approximate surface area is 177 Å². The second-order valence-electron chi connectivity index (χ2n) is 7.12. The molecular formula is C24H20N2O3S. The third-order valence-electron chi connectivity index (χ3n) is 5.42.